The van der Waals surface area contributed by atoms with Crippen LogP contribution in [0.15, 0.2) is 18.3 Å². The quantitative estimate of drug-likeness (QED) is 0.802. The zero-order chi connectivity index (χ0) is 17.0. The molecular formula is C17H25N3O3. The first-order valence-electron chi connectivity index (χ1n) is 8.02. The van der Waals surface area contributed by atoms with Crippen molar-refractivity contribution in [2.75, 3.05) is 31.1 Å². The van der Waals surface area contributed by atoms with Crippen molar-refractivity contribution >= 4 is 17.6 Å². The molecule has 0 saturated carbocycles. The molecule has 2 rings (SSSR count). The first kappa shape index (κ1) is 17.2. The van der Waals surface area contributed by atoms with Crippen LogP contribution in [0.2, 0.25) is 0 Å². The summed E-state index contributed by atoms with van der Waals surface area (Å²) in [7, 11) is 0. The van der Waals surface area contributed by atoms with Gasteiger partial charge in [-0.3, -0.25) is 9.78 Å². The molecule has 2 heterocycles. The average molecular weight is 319 g/mol. The van der Waals surface area contributed by atoms with Gasteiger partial charge < -0.3 is 14.5 Å². The molecule has 0 bridgehead atoms. The number of rotatable bonds is 3. The van der Waals surface area contributed by atoms with Crippen LogP contribution >= 0.6 is 0 Å². The maximum Gasteiger partial charge on any atom is 0.410 e. The van der Waals surface area contributed by atoms with Crippen molar-refractivity contribution in [1.29, 1.82) is 0 Å². The highest BCUT2D eigenvalue weighted by Gasteiger charge is 2.26. The second-order valence-corrected chi connectivity index (χ2v) is 6.63. The number of piperazine rings is 1. The number of carbonyl (C=O) groups is 2. The highest BCUT2D eigenvalue weighted by atomic mass is 16.6. The summed E-state index contributed by atoms with van der Waals surface area (Å²) in [5, 5.41) is 0. The van der Waals surface area contributed by atoms with Crippen molar-refractivity contribution in [3.63, 3.8) is 0 Å². The summed E-state index contributed by atoms with van der Waals surface area (Å²) in [6.45, 7) is 10.1. The van der Waals surface area contributed by atoms with E-state index >= 15 is 0 Å². The number of ether oxygens (including phenoxy) is 1. The van der Waals surface area contributed by atoms with E-state index in [4.69, 9.17) is 4.74 Å². The maximum absolute atomic E-state index is 12.0. The average Bonchev–Trinajstić information content (AvgIpc) is 2.53. The number of nitrogens with zero attached hydrogens (tertiary/aromatic N) is 3. The van der Waals surface area contributed by atoms with Gasteiger partial charge in [0.05, 0.1) is 11.9 Å². The van der Waals surface area contributed by atoms with Crippen molar-refractivity contribution < 1.29 is 14.3 Å². The van der Waals surface area contributed by atoms with Gasteiger partial charge in [0.2, 0.25) is 0 Å². The third kappa shape index (κ3) is 4.68. The van der Waals surface area contributed by atoms with Crippen LogP contribution in [0.5, 0.6) is 0 Å². The van der Waals surface area contributed by atoms with Crippen molar-refractivity contribution in [3.05, 3.63) is 24.0 Å². The van der Waals surface area contributed by atoms with E-state index in [2.05, 4.69) is 9.88 Å². The molecule has 1 fully saturated rings. The van der Waals surface area contributed by atoms with Crippen LogP contribution < -0.4 is 4.90 Å². The highest BCUT2D eigenvalue weighted by Crippen LogP contribution is 2.17. The molecule has 126 valence electrons. The largest absolute Gasteiger partial charge is 0.444 e. The molecule has 0 atom stereocenters. The lowest BCUT2D eigenvalue weighted by Gasteiger charge is -2.36. The lowest BCUT2D eigenvalue weighted by molar-refractivity contribution is 0.0240. The first-order valence-corrected chi connectivity index (χ1v) is 8.02. The number of carbonyl (C=O) groups excluding carboxylic acids is 2. The molecular weight excluding hydrogens is 294 g/mol. The molecule has 23 heavy (non-hydrogen) atoms. The van der Waals surface area contributed by atoms with Crippen molar-refractivity contribution in [2.24, 2.45) is 0 Å². The van der Waals surface area contributed by atoms with Gasteiger partial charge in [0.1, 0.15) is 11.3 Å². The fraction of sp³-hybridized carbons (Fsp3) is 0.588. The van der Waals surface area contributed by atoms with E-state index in [-0.39, 0.29) is 11.9 Å². The molecule has 0 unspecified atom stereocenters. The minimum atomic E-state index is -0.472. The highest BCUT2D eigenvalue weighted by molar-refractivity contribution is 5.94. The molecule has 6 heteroatoms. The molecule has 0 N–H and O–H groups in total. The van der Waals surface area contributed by atoms with Gasteiger partial charge in [-0.1, -0.05) is 6.92 Å². The maximum atomic E-state index is 12.0. The predicted molar refractivity (Wildman–Crippen MR) is 88.9 cm³/mol. The van der Waals surface area contributed by atoms with E-state index in [0.29, 0.717) is 25.2 Å². The van der Waals surface area contributed by atoms with E-state index in [9.17, 15) is 9.59 Å². The second kappa shape index (κ2) is 6.98. The third-order valence-corrected chi connectivity index (χ3v) is 3.65. The molecule has 0 spiro atoms. The molecule has 6 nitrogen and oxygen atoms in total. The first-order chi connectivity index (χ1) is 10.8. The Morgan fingerprint density at radius 2 is 1.83 bits per heavy atom. The Balaban J connectivity index is 1.91. The summed E-state index contributed by atoms with van der Waals surface area (Å²) in [5.41, 5.74) is 1.00. The van der Waals surface area contributed by atoms with Gasteiger partial charge in [-0.2, -0.15) is 0 Å². The van der Waals surface area contributed by atoms with Crippen LogP contribution in [0.25, 0.3) is 0 Å². The van der Waals surface area contributed by atoms with Gasteiger partial charge >= 0.3 is 6.09 Å². The van der Waals surface area contributed by atoms with Crippen LogP contribution in [0, 0.1) is 0 Å². The van der Waals surface area contributed by atoms with Crippen LogP contribution in [0.3, 0.4) is 0 Å². The van der Waals surface area contributed by atoms with Crippen molar-refractivity contribution in [3.8, 4) is 0 Å². The minimum absolute atomic E-state index is 0.0475. The smallest absolute Gasteiger partial charge is 0.410 e. The molecule has 0 radical (unpaired) electrons. The normalized spacial score (nSPS) is 15.5. The van der Waals surface area contributed by atoms with E-state index in [1.54, 1.807) is 17.2 Å². The van der Waals surface area contributed by atoms with E-state index in [1.165, 1.54) is 0 Å². The van der Waals surface area contributed by atoms with Crippen molar-refractivity contribution in [2.45, 2.75) is 39.7 Å². The standard InChI is InChI=1S/C17H25N3O3/c1-5-15(21)14-7-6-13(12-18-14)19-8-10-20(11-9-19)16(22)23-17(2,3)4/h6-7,12H,5,8-11H2,1-4H3. The number of pyridine rings is 1. The number of Topliss-reactive ketones (excluding diaryl/α,β-unsaturated/α-hetero) is 1. The summed E-state index contributed by atoms with van der Waals surface area (Å²) < 4.78 is 5.39. The number of anilines is 1. The van der Waals surface area contributed by atoms with E-state index in [0.717, 1.165) is 18.8 Å². The third-order valence-electron chi connectivity index (χ3n) is 3.65. The van der Waals surface area contributed by atoms with Gasteiger partial charge in [0.25, 0.3) is 0 Å². The monoisotopic (exact) mass is 319 g/mol. The van der Waals surface area contributed by atoms with Crippen LogP contribution in [0.1, 0.15) is 44.6 Å². The molecule has 1 amide bonds. The Morgan fingerprint density at radius 3 is 2.30 bits per heavy atom. The topological polar surface area (TPSA) is 62.7 Å². The minimum Gasteiger partial charge on any atom is -0.444 e. The molecule has 1 saturated heterocycles. The zero-order valence-electron chi connectivity index (χ0n) is 14.3. The van der Waals surface area contributed by atoms with Crippen molar-refractivity contribution in [1.82, 2.24) is 9.88 Å². The SMILES string of the molecule is CCC(=O)c1ccc(N2CCN(C(=O)OC(C)(C)C)CC2)cn1. The van der Waals surface area contributed by atoms with Crippen LogP contribution in [-0.4, -0.2) is 53.5 Å². The number of hydrogen-bond donors (Lipinski definition) is 0. The number of hydrogen-bond acceptors (Lipinski definition) is 5. The molecule has 1 aliphatic heterocycles. The fourth-order valence-electron chi connectivity index (χ4n) is 2.39. The summed E-state index contributed by atoms with van der Waals surface area (Å²) in [6, 6.07) is 3.68. The van der Waals surface area contributed by atoms with Gasteiger partial charge in [-0.15, -0.1) is 0 Å². The summed E-state index contributed by atoms with van der Waals surface area (Å²) in [6.07, 6.45) is 1.92. The van der Waals surface area contributed by atoms with Crippen LogP contribution in [-0.2, 0) is 4.74 Å². The Hall–Kier alpha value is -2.11. The second-order valence-electron chi connectivity index (χ2n) is 6.63. The molecule has 0 aromatic carbocycles. The number of aromatic nitrogens is 1. The Labute approximate surface area is 137 Å². The molecule has 1 aromatic heterocycles. The van der Waals surface area contributed by atoms with Gasteiger partial charge in [0.15, 0.2) is 5.78 Å². The number of ketones is 1. The molecule has 0 aliphatic carbocycles. The summed E-state index contributed by atoms with van der Waals surface area (Å²) >= 11 is 0. The number of amides is 1. The summed E-state index contributed by atoms with van der Waals surface area (Å²) in [4.78, 5) is 31.8. The lowest BCUT2D eigenvalue weighted by atomic mass is 10.2. The lowest BCUT2D eigenvalue weighted by Crippen LogP contribution is -2.50. The molecule has 1 aromatic rings. The predicted octanol–water partition coefficient (Wildman–Crippen LogP) is 2.73. The summed E-state index contributed by atoms with van der Waals surface area (Å²) in [5.74, 6) is 0.0475. The van der Waals surface area contributed by atoms with Gasteiger partial charge in [0, 0.05) is 32.6 Å². The fourth-order valence-corrected chi connectivity index (χ4v) is 2.39. The van der Waals surface area contributed by atoms with E-state index < -0.39 is 5.60 Å². The Bertz CT molecular complexity index is 555. The van der Waals surface area contributed by atoms with E-state index in [1.807, 2.05) is 33.8 Å². The van der Waals surface area contributed by atoms with Crippen LogP contribution in [0.4, 0.5) is 10.5 Å². The van der Waals surface area contributed by atoms with Gasteiger partial charge in [-0.25, -0.2) is 4.79 Å². The zero-order valence-corrected chi connectivity index (χ0v) is 14.3. The Kier molecular flexibility index (Phi) is 5.23. The van der Waals surface area contributed by atoms with Gasteiger partial charge in [-0.05, 0) is 32.9 Å². The Morgan fingerprint density at radius 1 is 1.17 bits per heavy atom. The molecule has 1 aliphatic rings.